The lowest BCUT2D eigenvalue weighted by molar-refractivity contribution is -0.137. The van der Waals surface area contributed by atoms with Crippen LogP contribution >= 0.6 is 0 Å². The van der Waals surface area contributed by atoms with Crippen molar-refractivity contribution in [1.29, 1.82) is 0 Å². The Balaban J connectivity index is 1.79. The first-order valence-corrected chi connectivity index (χ1v) is 6.33. The molecule has 0 bridgehead atoms. The van der Waals surface area contributed by atoms with E-state index < -0.39 is 5.97 Å². The van der Waals surface area contributed by atoms with Crippen LogP contribution in [0.1, 0.15) is 32.6 Å². The first kappa shape index (κ1) is 12.2. The molecule has 5 nitrogen and oxygen atoms in total. The molecule has 96 valence electrons. The smallest absolute Gasteiger partial charge is 0.317 e. The van der Waals surface area contributed by atoms with Crippen LogP contribution in [0.5, 0.6) is 0 Å². The van der Waals surface area contributed by atoms with Crippen LogP contribution in [-0.4, -0.2) is 41.1 Å². The van der Waals surface area contributed by atoms with Crippen molar-refractivity contribution in [2.45, 2.75) is 38.6 Å². The van der Waals surface area contributed by atoms with Crippen molar-refractivity contribution in [2.24, 2.45) is 11.8 Å². The highest BCUT2D eigenvalue weighted by molar-refractivity contribution is 5.76. The van der Waals surface area contributed by atoms with Gasteiger partial charge in [0.1, 0.15) is 0 Å². The highest BCUT2D eigenvalue weighted by Gasteiger charge is 2.38. The third-order valence-corrected chi connectivity index (χ3v) is 3.86. The number of urea groups is 1. The normalized spacial score (nSPS) is 28.9. The summed E-state index contributed by atoms with van der Waals surface area (Å²) in [7, 11) is 0. The molecule has 0 spiro atoms. The minimum atomic E-state index is -0.879. The molecule has 2 N–H and O–H groups in total. The van der Waals surface area contributed by atoms with Crippen LogP contribution in [0.25, 0.3) is 0 Å². The number of rotatable bonds is 3. The lowest BCUT2D eigenvalue weighted by Gasteiger charge is -2.20. The van der Waals surface area contributed by atoms with Gasteiger partial charge >= 0.3 is 12.0 Å². The first-order chi connectivity index (χ1) is 8.06. The minimum Gasteiger partial charge on any atom is -0.481 e. The molecule has 3 unspecified atom stereocenters. The summed E-state index contributed by atoms with van der Waals surface area (Å²) in [5.41, 5.74) is 0. The number of fused-ring (bicyclic) bond motifs is 1. The van der Waals surface area contributed by atoms with Crippen LogP contribution in [0.15, 0.2) is 0 Å². The molecule has 17 heavy (non-hydrogen) atoms. The van der Waals surface area contributed by atoms with Gasteiger partial charge in [0.15, 0.2) is 0 Å². The summed E-state index contributed by atoms with van der Waals surface area (Å²) in [6.07, 6.45) is 3.74. The molecule has 5 heteroatoms. The molecular formula is C12H20N2O3. The second kappa shape index (κ2) is 4.94. The zero-order chi connectivity index (χ0) is 12.4. The molecule has 1 aliphatic carbocycles. The van der Waals surface area contributed by atoms with E-state index in [0.717, 1.165) is 13.1 Å². The first-order valence-electron chi connectivity index (χ1n) is 6.33. The van der Waals surface area contributed by atoms with Gasteiger partial charge in [0.2, 0.25) is 0 Å². The van der Waals surface area contributed by atoms with Gasteiger partial charge in [0.25, 0.3) is 0 Å². The number of likely N-dealkylation sites (tertiary alicyclic amines) is 1. The molecule has 2 rings (SSSR count). The molecule has 2 fully saturated rings. The Morgan fingerprint density at radius 2 is 1.94 bits per heavy atom. The van der Waals surface area contributed by atoms with Gasteiger partial charge in [0, 0.05) is 19.1 Å². The largest absolute Gasteiger partial charge is 0.481 e. The van der Waals surface area contributed by atoms with Gasteiger partial charge in [-0.15, -0.1) is 0 Å². The Morgan fingerprint density at radius 3 is 2.47 bits per heavy atom. The Kier molecular flexibility index (Phi) is 3.54. The number of nitrogens with one attached hydrogen (secondary N) is 1. The number of nitrogens with zero attached hydrogens (tertiary/aromatic N) is 1. The molecule has 2 amide bonds. The van der Waals surface area contributed by atoms with E-state index in [4.69, 9.17) is 5.11 Å². The number of hydrogen-bond donors (Lipinski definition) is 2. The van der Waals surface area contributed by atoms with Gasteiger partial charge in [-0.2, -0.15) is 0 Å². The summed E-state index contributed by atoms with van der Waals surface area (Å²) in [5, 5.41) is 11.4. The zero-order valence-electron chi connectivity index (χ0n) is 10.2. The molecule has 0 aromatic carbocycles. The van der Waals surface area contributed by atoms with E-state index in [1.807, 2.05) is 4.90 Å². The fourth-order valence-corrected chi connectivity index (χ4v) is 3.02. The van der Waals surface area contributed by atoms with E-state index in [2.05, 4.69) is 5.32 Å². The third kappa shape index (κ3) is 2.90. The van der Waals surface area contributed by atoms with E-state index in [-0.39, 0.29) is 18.5 Å². The number of aliphatic carboxylic acids is 1. The monoisotopic (exact) mass is 240 g/mol. The summed E-state index contributed by atoms with van der Waals surface area (Å²) in [6.45, 7) is 3.41. The summed E-state index contributed by atoms with van der Waals surface area (Å²) >= 11 is 0. The molecule has 3 atom stereocenters. The molecule has 2 aliphatic rings. The van der Waals surface area contributed by atoms with E-state index in [9.17, 15) is 9.59 Å². The van der Waals surface area contributed by atoms with Crippen molar-refractivity contribution in [1.82, 2.24) is 10.2 Å². The topological polar surface area (TPSA) is 69.6 Å². The zero-order valence-corrected chi connectivity index (χ0v) is 10.2. The predicted octanol–water partition coefficient (Wildman–Crippen LogP) is 1.29. The van der Waals surface area contributed by atoms with Gasteiger partial charge in [-0.3, -0.25) is 4.79 Å². The number of carboxylic acids is 1. The second-order valence-corrected chi connectivity index (χ2v) is 5.30. The highest BCUT2D eigenvalue weighted by atomic mass is 16.4. The number of hydrogen-bond acceptors (Lipinski definition) is 2. The van der Waals surface area contributed by atoms with E-state index >= 15 is 0 Å². The SMILES string of the molecule is CC(CC(=O)O)NC(=O)N1CC2CCCC2C1. The fourth-order valence-electron chi connectivity index (χ4n) is 3.02. The summed E-state index contributed by atoms with van der Waals surface area (Å²) in [6, 6.07) is -0.409. The Bertz CT molecular complexity index is 307. The number of carbonyl (C=O) groups is 2. The summed E-state index contributed by atoms with van der Waals surface area (Å²) in [4.78, 5) is 24.2. The van der Waals surface area contributed by atoms with Gasteiger partial charge in [0.05, 0.1) is 6.42 Å². The fraction of sp³-hybridized carbons (Fsp3) is 0.833. The van der Waals surface area contributed by atoms with Crippen LogP contribution in [0.3, 0.4) is 0 Å². The van der Waals surface area contributed by atoms with Gasteiger partial charge in [-0.05, 0) is 31.6 Å². The quantitative estimate of drug-likeness (QED) is 0.781. The Labute approximate surface area is 101 Å². The molecule has 0 radical (unpaired) electrons. The van der Waals surface area contributed by atoms with Crippen molar-refractivity contribution in [2.75, 3.05) is 13.1 Å². The third-order valence-electron chi connectivity index (χ3n) is 3.86. The summed E-state index contributed by atoms with van der Waals surface area (Å²) in [5.74, 6) is 0.474. The van der Waals surface area contributed by atoms with E-state index in [0.29, 0.717) is 11.8 Å². The molecule has 0 aromatic heterocycles. The van der Waals surface area contributed by atoms with Crippen molar-refractivity contribution >= 4 is 12.0 Å². The van der Waals surface area contributed by atoms with Crippen LogP contribution in [-0.2, 0) is 4.79 Å². The second-order valence-electron chi connectivity index (χ2n) is 5.30. The lowest BCUT2D eigenvalue weighted by atomic mass is 10.0. The predicted molar refractivity (Wildman–Crippen MR) is 62.7 cm³/mol. The van der Waals surface area contributed by atoms with Crippen molar-refractivity contribution in [3.8, 4) is 0 Å². The van der Waals surface area contributed by atoms with E-state index in [1.54, 1.807) is 6.92 Å². The standard InChI is InChI=1S/C12H20N2O3/c1-8(5-11(15)16)13-12(17)14-6-9-3-2-4-10(9)7-14/h8-10H,2-7H2,1H3,(H,13,17)(H,15,16). The minimum absolute atomic E-state index is 0.0214. The maximum absolute atomic E-state index is 11.9. The Morgan fingerprint density at radius 1 is 1.35 bits per heavy atom. The average molecular weight is 240 g/mol. The van der Waals surface area contributed by atoms with E-state index in [1.165, 1.54) is 19.3 Å². The molecule has 1 aliphatic heterocycles. The lowest BCUT2D eigenvalue weighted by Crippen LogP contribution is -2.43. The number of carboxylic acid groups (broad SMARTS) is 1. The maximum atomic E-state index is 11.9. The molecular weight excluding hydrogens is 220 g/mol. The molecule has 1 saturated heterocycles. The van der Waals surface area contributed by atoms with Crippen LogP contribution in [0.2, 0.25) is 0 Å². The van der Waals surface area contributed by atoms with Crippen molar-refractivity contribution < 1.29 is 14.7 Å². The van der Waals surface area contributed by atoms with Gasteiger partial charge in [-0.25, -0.2) is 4.79 Å². The van der Waals surface area contributed by atoms with Crippen LogP contribution in [0.4, 0.5) is 4.79 Å². The molecule has 1 saturated carbocycles. The number of carbonyl (C=O) groups excluding carboxylic acids is 1. The van der Waals surface area contributed by atoms with Crippen LogP contribution in [0, 0.1) is 11.8 Å². The van der Waals surface area contributed by atoms with Crippen molar-refractivity contribution in [3.63, 3.8) is 0 Å². The highest BCUT2D eigenvalue weighted by Crippen LogP contribution is 2.37. The Hall–Kier alpha value is -1.26. The maximum Gasteiger partial charge on any atom is 0.317 e. The molecule has 0 aromatic rings. The molecule has 1 heterocycles. The average Bonchev–Trinajstić information content (AvgIpc) is 2.73. The number of amides is 2. The summed E-state index contributed by atoms with van der Waals surface area (Å²) < 4.78 is 0. The van der Waals surface area contributed by atoms with Crippen LogP contribution < -0.4 is 5.32 Å². The van der Waals surface area contributed by atoms with Gasteiger partial charge in [-0.1, -0.05) is 6.42 Å². The van der Waals surface area contributed by atoms with Crippen molar-refractivity contribution in [3.05, 3.63) is 0 Å². The van der Waals surface area contributed by atoms with Gasteiger partial charge < -0.3 is 15.3 Å².